The van der Waals surface area contributed by atoms with Gasteiger partial charge >= 0.3 is 0 Å². The first-order valence-electron chi connectivity index (χ1n) is 9.63. The number of ether oxygens (including phenoxy) is 3. The van der Waals surface area contributed by atoms with E-state index in [9.17, 15) is 9.90 Å². The van der Waals surface area contributed by atoms with Gasteiger partial charge in [0.25, 0.3) is 5.91 Å². The van der Waals surface area contributed by atoms with Crippen LogP contribution in [0.15, 0.2) is 42.5 Å². The van der Waals surface area contributed by atoms with Gasteiger partial charge in [-0.05, 0) is 54.2 Å². The molecule has 28 heavy (non-hydrogen) atoms. The maximum atomic E-state index is 12.6. The second-order valence-electron chi connectivity index (χ2n) is 7.34. The fraction of sp³-hybridized carbons (Fsp3) is 0.409. The van der Waals surface area contributed by atoms with Crippen LogP contribution in [0.3, 0.4) is 0 Å². The van der Waals surface area contributed by atoms with Crippen LogP contribution < -0.4 is 19.5 Å². The normalized spacial score (nSPS) is 21.1. The number of carbonyl (C=O) groups is 1. The number of amides is 1. The first kappa shape index (κ1) is 18.6. The van der Waals surface area contributed by atoms with E-state index in [2.05, 4.69) is 11.4 Å². The van der Waals surface area contributed by atoms with Crippen molar-refractivity contribution in [3.63, 3.8) is 0 Å². The van der Waals surface area contributed by atoms with E-state index in [0.29, 0.717) is 30.9 Å². The van der Waals surface area contributed by atoms with Crippen LogP contribution in [-0.4, -0.2) is 37.4 Å². The van der Waals surface area contributed by atoms with Gasteiger partial charge in [-0.15, -0.1) is 0 Å². The van der Waals surface area contributed by atoms with Crippen LogP contribution in [0.1, 0.15) is 30.0 Å². The molecule has 1 heterocycles. The van der Waals surface area contributed by atoms with Gasteiger partial charge in [-0.3, -0.25) is 4.79 Å². The summed E-state index contributed by atoms with van der Waals surface area (Å²) in [6.07, 6.45) is 1.97. The van der Waals surface area contributed by atoms with Crippen LogP contribution in [0.5, 0.6) is 17.2 Å². The van der Waals surface area contributed by atoms with Crippen molar-refractivity contribution in [1.82, 2.24) is 5.32 Å². The summed E-state index contributed by atoms with van der Waals surface area (Å²) in [6.45, 7) is 0.602. The van der Waals surface area contributed by atoms with E-state index in [1.165, 1.54) is 5.56 Å². The molecular formula is C22H25NO5. The average Bonchev–Trinajstić information content (AvgIpc) is 3.16. The Morgan fingerprint density at radius 3 is 2.79 bits per heavy atom. The van der Waals surface area contributed by atoms with E-state index in [1.54, 1.807) is 19.2 Å². The van der Waals surface area contributed by atoms with Crippen LogP contribution in [-0.2, 0) is 11.2 Å². The predicted octanol–water partition coefficient (Wildman–Crippen LogP) is 2.64. The number of aliphatic hydroxyl groups is 1. The zero-order valence-corrected chi connectivity index (χ0v) is 15.9. The number of methoxy groups -OCH3 is 1. The minimum atomic E-state index is -0.285. The topological polar surface area (TPSA) is 77.0 Å². The van der Waals surface area contributed by atoms with Crippen molar-refractivity contribution < 1.29 is 24.1 Å². The van der Waals surface area contributed by atoms with Crippen LogP contribution in [0.2, 0.25) is 0 Å². The van der Waals surface area contributed by atoms with Gasteiger partial charge in [-0.2, -0.15) is 0 Å². The number of para-hydroxylation sites is 2. The van der Waals surface area contributed by atoms with Crippen LogP contribution in [0.25, 0.3) is 0 Å². The Morgan fingerprint density at radius 1 is 1.25 bits per heavy atom. The van der Waals surface area contributed by atoms with Crippen molar-refractivity contribution in [1.29, 1.82) is 0 Å². The fourth-order valence-corrected chi connectivity index (χ4v) is 3.87. The molecule has 2 aromatic carbocycles. The third-order valence-corrected chi connectivity index (χ3v) is 5.44. The number of fused-ring (bicyclic) bond motifs is 1. The minimum absolute atomic E-state index is 0.0970. The number of nitrogens with one attached hydrogen (secondary N) is 1. The highest BCUT2D eigenvalue weighted by Gasteiger charge is 2.36. The summed E-state index contributed by atoms with van der Waals surface area (Å²) in [5.74, 6) is 2.06. The molecule has 0 bridgehead atoms. The minimum Gasteiger partial charge on any atom is -0.493 e. The lowest BCUT2D eigenvalue weighted by Gasteiger charge is -2.38. The summed E-state index contributed by atoms with van der Waals surface area (Å²) in [5, 5.41) is 12.8. The molecule has 1 unspecified atom stereocenters. The quantitative estimate of drug-likeness (QED) is 0.769. The van der Waals surface area contributed by atoms with Crippen molar-refractivity contribution in [2.45, 2.75) is 31.4 Å². The van der Waals surface area contributed by atoms with E-state index in [4.69, 9.17) is 14.2 Å². The van der Waals surface area contributed by atoms with Gasteiger partial charge in [-0.25, -0.2) is 0 Å². The lowest BCUT2D eigenvalue weighted by Crippen LogP contribution is -2.42. The third-order valence-electron chi connectivity index (χ3n) is 5.44. The molecule has 2 N–H and O–H groups in total. The molecule has 1 atom stereocenters. The zero-order chi connectivity index (χ0) is 19.5. The number of rotatable bonds is 7. The molecule has 0 aromatic heterocycles. The Bertz CT molecular complexity index is 847. The predicted molar refractivity (Wildman–Crippen MR) is 104 cm³/mol. The first-order chi connectivity index (χ1) is 13.6. The maximum Gasteiger partial charge on any atom is 0.258 e. The van der Waals surface area contributed by atoms with E-state index in [0.717, 1.165) is 17.7 Å². The van der Waals surface area contributed by atoms with E-state index in [-0.39, 0.29) is 30.6 Å². The first-order valence-corrected chi connectivity index (χ1v) is 9.63. The van der Waals surface area contributed by atoms with E-state index >= 15 is 0 Å². The number of benzene rings is 2. The molecule has 0 saturated heterocycles. The second-order valence-corrected chi connectivity index (χ2v) is 7.34. The van der Waals surface area contributed by atoms with Gasteiger partial charge in [0.2, 0.25) is 0 Å². The largest absolute Gasteiger partial charge is 0.493 e. The molecular weight excluding hydrogens is 358 g/mol. The molecule has 4 rings (SSSR count). The standard InChI is InChI=1S/C22H25NO5/c1-26-19-4-2-3-5-20(19)28-13-21(25)23-22(16-11-17(24)12-16)15-6-7-18-14(10-15)8-9-27-18/h2-7,10,16-17,22,24H,8-9,11-13H2,1H3,(H,23,25). The molecule has 0 spiro atoms. The van der Waals surface area contributed by atoms with Gasteiger partial charge in [-0.1, -0.05) is 18.2 Å². The molecule has 1 aliphatic heterocycles. The van der Waals surface area contributed by atoms with Gasteiger partial charge in [0, 0.05) is 6.42 Å². The Labute approximate surface area is 164 Å². The Balaban J connectivity index is 1.44. The Morgan fingerprint density at radius 2 is 2.04 bits per heavy atom. The number of hydrogen-bond donors (Lipinski definition) is 2. The molecule has 1 saturated carbocycles. The average molecular weight is 383 g/mol. The number of carbonyl (C=O) groups excluding carboxylic acids is 1. The van der Waals surface area contributed by atoms with E-state index in [1.807, 2.05) is 24.3 Å². The summed E-state index contributed by atoms with van der Waals surface area (Å²) in [5.41, 5.74) is 2.22. The third kappa shape index (κ3) is 3.92. The van der Waals surface area contributed by atoms with E-state index < -0.39 is 0 Å². The second kappa shape index (κ2) is 8.10. The highest BCUT2D eigenvalue weighted by atomic mass is 16.5. The molecule has 6 heteroatoms. The highest BCUT2D eigenvalue weighted by molar-refractivity contribution is 5.78. The van der Waals surface area contributed by atoms with Crippen molar-refractivity contribution in [2.24, 2.45) is 5.92 Å². The Kier molecular flexibility index (Phi) is 5.39. The summed E-state index contributed by atoms with van der Waals surface area (Å²) in [4.78, 5) is 12.6. The molecule has 1 amide bonds. The van der Waals surface area contributed by atoms with Gasteiger partial charge in [0.1, 0.15) is 5.75 Å². The molecule has 148 valence electrons. The van der Waals surface area contributed by atoms with Crippen molar-refractivity contribution >= 4 is 5.91 Å². The van der Waals surface area contributed by atoms with Gasteiger partial charge in [0.05, 0.1) is 25.9 Å². The molecule has 1 fully saturated rings. The van der Waals surface area contributed by atoms with Gasteiger partial charge < -0.3 is 24.6 Å². The fourth-order valence-electron chi connectivity index (χ4n) is 3.87. The van der Waals surface area contributed by atoms with Crippen molar-refractivity contribution in [3.8, 4) is 17.2 Å². The van der Waals surface area contributed by atoms with Crippen LogP contribution >= 0.6 is 0 Å². The SMILES string of the molecule is COc1ccccc1OCC(=O)NC(c1ccc2c(c1)CCO2)C1CC(O)C1. The lowest BCUT2D eigenvalue weighted by molar-refractivity contribution is -0.125. The monoisotopic (exact) mass is 383 g/mol. The zero-order valence-electron chi connectivity index (χ0n) is 15.9. The molecule has 6 nitrogen and oxygen atoms in total. The summed E-state index contributed by atoms with van der Waals surface area (Å²) in [7, 11) is 1.57. The molecule has 2 aromatic rings. The van der Waals surface area contributed by atoms with Crippen molar-refractivity contribution in [3.05, 3.63) is 53.6 Å². The molecule has 0 radical (unpaired) electrons. The van der Waals surface area contributed by atoms with Crippen molar-refractivity contribution in [2.75, 3.05) is 20.3 Å². The summed E-state index contributed by atoms with van der Waals surface area (Å²) >= 11 is 0. The number of aliphatic hydroxyl groups excluding tert-OH is 1. The van der Waals surface area contributed by atoms with Gasteiger partial charge in [0.15, 0.2) is 18.1 Å². The summed E-state index contributed by atoms with van der Waals surface area (Å²) in [6, 6.07) is 13.2. The molecule has 2 aliphatic rings. The van der Waals surface area contributed by atoms with Crippen LogP contribution in [0, 0.1) is 5.92 Å². The highest BCUT2D eigenvalue weighted by Crippen LogP contribution is 2.39. The molecule has 1 aliphatic carbocycles. The Hall–Kier alpha value is -2.73. The lowest BCUT2D eigenvalue weighted by atomic mass is 9.75. The smallest absolute Gasteiger partial charge is 0.258 e. The summed E-state index contributed by atoms with van der Waals surface area (Å²) < 4.78 is 16.5. The maximum absolute atomic E-state index is 12.6. The van der Waals surface area contributed by atoms with Crippen LogP contribution in [0.4, 0.5) is 0 Å². The number of hydrogen-bond acceptors (Lipinski definition) is 5.